The molecule has 0 aliphatic heterocycles. The second-order valence-corrected chi connectivity index (χ2v) is 6.27. The minimum absolute atomic E-state index is 0.130. The number of hydrogen-bond donors (Lipinski definition) is 0. The van der Waals surface area contributed by atoms with Crippen LogP contribution in [0.15, 0.2) is 64.8 Å². The Kier molecular flexibility index (Phi) is 4.93. The highest BCUT2D eigenvalue weighted by molar-refractivity contribution is 7.99. The van der Waals surface area contributed by atoms with Crippen molar-refractivity contribution in [2.75, 3.05) is 0 Å². The van der Waals surface area contributed by atoms with E-state index >= 15 is 0 Å². The lowest BCUT2D eigenvalue weighted by Crippen LogP contribution is -1.95. The standard InChI is InChI=1S/C17H9ClN4O2S/c18-13-6-3-11(4-7-13)14-8-5-12(10-19)16(21-14)25-17-15(22(23)24)2-1-9-20-17/h1-9H. The molecule has 25 heavy (non-hydrogen) atoms. The number of aromatic nitrogens is 2. The van der Waals surface area contributed by atoms with Crippen LogP contribution >= 0.6 is 23.4 Å². The second-order valence-electron chi connectivity index (χ2n) is 4.85. The molecule has 0 bridgehead atoms. The summed E-state index contributed by atoms with van der Waals surface area (Å²) in [6.07, 6.45) is 1.46. The predicted molar refractivity (Wildman–Crippen MR) is 94.4 cm³/mol. The first-order valence-electron chi connectivity index (χ1n) is 7.03. The van der Waals surface area contributed by atoms with Crippen molar-refractivity contribution in [3.8, 4) is 17.3 Å². The number of benzene rings is 1. The topological polar surface area (TPSA) is 92.7 Å². The Balaban J connectivity index is 2.04. The van der Waals surface area contributed by atoms with Gasteiger partial charge in [0.1, 0.15) is 11.1 Å². The van der Waals surface area contributed by atoms with Crippen molar-refractivity contribution in [2.45, 2.75) is 10.1 Å². The van der Waals surface area contributed by atoms with Gasteiger partial charge in [0, 0.05) is 22.8 Å². The van der Waals surface area contributed by atoms with Gasteiger partial charge in [-0.2, -0.15) is 5.26 Å². The highest BCUT2D eigenvalue weighted by atomic mass is 35.5. The Morgan fingerprint density at radius 2 is 1.88 bits per heavy atom. The summed E-state index contributed by atoms with van der Waals surface area (Å²) >= 11 is 6.89. The van der Waals surface area contributed by atoms with Gasteiger partial charge >= 0.3 is 5.69 Å². The second kappa shape index (κ2) is 7.30. The molecule has 0 N–H and O–H groups in total. The molecular weight excluding hydrogens is 360 g/mol. The summed E-state index contributed by atoms with van der Waals surface area (Å²) in [6.45, 7) is 0. The first-order chi connectivity index (χ1) is 12.1. The number of nitriles is 1. The molecule has 122 valence electrons. The van der Waals surface area contributed by atoms with Crippen molar-refractivity contribution in [3.05, 3.63) is 75.4 Å². The molecule has 3 aromatic rings. The number of nitro groups is 1. The van der Waals surface area contributed by atoms with Crippen molar-refractivity contribution in [1.29, 1.82) is 5.26 Å². The van der Waals surface area contributed by atoms with E-state index in [9.17, 15) is 15.4 Å². The van der Waals surface area contributed by atoms with E-state index in [1.165, 1.54) is 18.3 Å². The Morgan fingerprint density at radius 1 is 1.12 bits per heavy atom. The largest absolute Gasteiger partial charge is 0.301 e. The van der Waals surface area contributed by atoms with E-state index in [2.05, 4.69) is 16.0 Å². The van der Waals surface area contributed by atoms with Gasteiger partial charge in [0.05, 0.1) is 16.2 Å². The van der Waals surface area contributed by atoms with Crippen LogP contribution in [0, 0.1) is 21.4 Å². The fourth-order valence-electron chi connectivity index (χ4n) is 2.08. The molecule has 0 atom stereocenters. The van der Waals surface area contributed by atoms with Crippen LogP contribution in [0.2, 0.25) is 5.02 Å². The van der Waals surface area contributed by atoms with Crippen LogP contribution in [-0.4, -0.2) is 14.9 Å². The van der Waals surface area contributed by atoms with E-state index in [1.807, 2.05) is 12.1 Å². The molecule has 0 unspecified atom stereocenters. The molecule has 0 saturated carbocycles. The van der Waals surface area contributed by atoms with Gasteiger partial charge in [-0.15, -0.1) is 0 Å². The molecule has 3 rings (SSSR count). The Hall–Kier alpha value is -2.95. The fourth-order valence-corrected chi connectivity index (χ4v) is 3.11. The molecule has 0 radical (unpaired) electrons. The van der Waals surface area contributed by atoms with Gasteiger partial charge in [-0.1, -0.05) is 23.7 Å². The van der Waals surface area contributed by atoms with E-state index in [1.54, 1.807) is 24.3 Å². The van der Waals surface area contributed by atoms with E-state index in [0.717, 1.165) is 17.3 Å². The predicted octanol–water partition coefficient (Wildman–Crippen LogP) is 4.73. The highest BCUT2D eigenvalue weighted by Crippen LogP contribution is 2.34. The van der Waals surface area contributed by atoms with Crippen molar-refractivity contribution in [2.24, 2.45) is 0 Å². The summed E-state index contributed by atoms with van der Waals surface area (Å²) in [7, 11) is 0. The third-order valence-corrected chi connectivity index (χ3v) is 4.53. The van der Waals surface area contributed by atoms with Gasteiger partial charge < -0.3 is 0 Å². The maximum absolute atomic E-state index is 11.1. The van der Waals surface area contributed by atoms with Crippen molar-refractivity contribution >= 4 is 29.1 Å². The SMILES string of the molecule is N#Cc1ccc(-c2ccc(Cl)cc2)nc1Sc1ncccc1[N+](=O)[O-]. The fraction of sp³-hybridized carbons (Fsp3) is 0. The maximum atomic E-state index is 11.1. The molecule has 8 heteroatoms. The molecule has 6 nitrogen and oxygen atoms in total. The zero-order valence-corrected chi connectivity index (χ0v) is 14.2. The number of nitrogens with zero attached hydrogens (tertiary/aromatic N) is 4. The molecule has 2 heterocycles. The van der Waals surface area contributed by atoms with Crippen LogP contribution in [0.3, 0.4) is 0 Å². The van der Waals surface area contributed by atoms with Crippen LogP contribution in [0.25, 0.3) is 11.3 Å². The van der Waals surface area contributed by atoms with Crippen molar-refractivity contribution in [3.63, 3.8) is 0 Å². The van der Waals surface area contributed by atoms with Crippen LogP contribution in [0.5, 0.6) is 0 Å². The van der Waals surface area contributed by atoms with Gasteiger partial charge in [0.15, 0.2) is 5.03 Å². The number of rotatable bonds is 4. The average Bonchev–Trinajstić information content (AvgIpc) is 2.62. The zero-order chi connectivity index (χ0) is 17.8. The first-order valence-corrected chi connectivity index (χ1v) is 8.22. The van der Waals surface area contributed by atoms with Crippen LogP contribution in [-0.2, 0) is 0 Å². The average molecular weight is 369 g/mol. The van der Waals surface area contributed by atoms with Gasteiger partial charge in [-0.3, -0.25) is 10.1 Å². The lowest BCUT2D eigenvalue weighted by Gasteiger charge is -2.07. The number of pyridine rings is 2. The van der Waals surface area contributed by atoms with E-state index in [-0.39, 0.29) is 10.7 Å². The van der Waals surface area contributed by atoms with Gasteiger partial charge in [0.25, 0.3) is 0 Å². The molecule has 0 fully saturated rings. The molecule has 0 amide bonds. The minimum atomic E-state index is -0.509. The number of hydrogen-bond acceptors (Lipinski definition) is 6. The molecule has 1 aromatic carbocycles. The highest BCUT2D eigenvalue weighted by Gasteiger charge is 2.18. The number of halogens is 1. The lowest BCUT2D eigenvalue weighted by molar-refractivity contribution is -0.388. The van der Waals surface area contributed by atoms with Crippen molar-refractivity contribution in [1.82, 2.24) is 9.97 Å². The summed E-state index contributed by atoms with van der Waals surface area (Å²) in [4.78, 5) is 19.1. The smallest absolute Gasteiger partial charge is 0.258 e. The first kappa shape index (κ1) is 16.9. The zero-order valence-electron chi connectivity index (χ0n) is 12.6. The normalized spacial score (nSPS) is 10.2. The molecule has 0 aliphatic carbocycles. The van der Waals surface area contributed by atoms with E-state index in [4.69, 9.17) is 11.6 Å². The van der Waals surface area contributed by atoms with Crippen LogP contribution in [0.4, 0.5) is 5.69 Å². The Labute approximate surface area is 152 Å². The quantitative estimate of drug-likeness (QED) is 0.488. The van der Waals surface area contributed by atoms with E-state index < -0.39 is 4.92 Å². The monoisotopic (exact) mass is 368 g/mol. The van der Waals surface area contributed by atoms with Gasteiger partial charge in [-0.25, -0.2) is 9.97 Å². The summed E-state index contributed by atoms with van der Waals surface area (Å²) in [5, 5.41) is 21.6. The van der Waals surface area contributed by atoms with Gasteiger partial charge in [-0.05, 0) is 42.1 Å². The molecule has 2 aromatic heterocycles. The summed E-state index contributed by atoms with van der Waals surface area (Å²) in [5.74, 6) is 0. The summed E-state index contributed by atoms with van der Waals surface area (Å²) in [6, 6.07) is 15.4. The van der Waals surface area contributed by atoms with E-state index in [0.29, 0.717) is 21.3 Å². The van der Waals surface area contributed by atoms with Crippen LogP contribution < -0.4 is 0 Å². The Morgan fingerprint density at radius 3 is 2.56 bits per heavy atom. The molecular formula is C17H9ClN4O2S. The third-order valence-electron chi connectivity index (χ3n) is 3.26. The third kappa shape index (κ3) is 3.76. The van der Waals surface area contributed by atoms with Gasteiger partial charge in [0.2, 0.25) is 0 Å². The molecule has 0 saturated heterocycles. The summed E-state index contributed by atoms with van der Waals surface area (Å²) < 4.78 is 0. The van der Waals surface area contributed by atoms with Crippen molar-refractivity contribution < 1.29 is 4.92 Å². The molecule has 0 spiro atoms. The lowest BCUT2D eigenvalue weighted by atomic mass is 10.1. The Bertz CT molecular complexity index is 987. The maximum Gasteiger partial charge on any atom is 0.301 e. The summed E-state index contributed by atoms with van der Waals surface area (Å²) in [5.41, 5.74) is 1.65. The molecule has 0 aliphatic rings. The van der Waals surface area contributed by atoms with Crippen LogP contribution in [0.1, 0.15) is 5.56 Å². The minimum Gasteiger partial charge on any atom is -0.258 e.